The second-order valence-electron chi connectivity index (χ2n) is 9.20. The highest BCUT2D eigenvalue weighted by Crippen LogP contribution is 2.23. The number of amides is 1. The Hall–Kier alpha value is -4.20. The maximum Gasteiger partial charge on any atom is 0.265 e. The second kappa shape index (κ2) is 12.3. The van der Waals surface area contributed by atoms with Crippen LogP contribution >= 0.6 is 23.2 Å². The lowest BCUT2D eigenvalue weighted by molar-refractivity contribution is -0.131. The number of benzene rings is 3. The molecule has 5 aromatic rings. The van der Waals surface area contributed by atoms with E-state index in [-0.39, 0.29) is 17.9 Å². The van der Waals surface area contributed by atoms with Crippen molar-refractivity contribution in [2.24, 2.45) is 0 Å². The lowest BCUT2D eigenvalue weighted by Gasteiger charge is -2.23. The molecule has 0 atom stereocenters. The Bertz CT molecular complexity index is 1710. The van der Waals surface area contributed by atoms with Crippen LogP contribution in [0.15, 0.2) is 95.9 Å². The third kappa shape index (κ3) is 6.17. The van der Waals surface area contributed by atoms with Gasteiger partial charge in [0.2, 0.25) is 5.91 Å². The van der Waals surface area contributed by atoms with E-state index in [4.69, 9.17) is 32.9 Å². The van der Waals surface area contributed by atoms with Gasteiger partial charge in [-0.1, -0.05) is 47.5 Å². The predicted octanol–water partition coefficient (Wildman–Crippen LogP) is 5.91. The molecule has 0 aliphatic rings. The van der Waals surface area contributed by atoms with Crippen molar-refractivity contribution >= 4 is 40.0 Å². The molecule has 40 heavy (non-hydrogen) atoms. The molecule has 202 valence electrons. The zero-order valence-corrected chi connectivity index (χ0v) is 23.3. The van der Waals surface area contributed by atoms with E-state index >= 15 is 0 Å². The van der Waals surface area contributed by atoms with Gasteiger partial charge in [-0.25, -0.2) is 4.98 Å². The largest absolute Gasteiger partial charge is 0.497 e. The summed E-state index contributed by atoms with van der Waals surface area (Å²) in [4.78, 5) is 38.2. The molecule has 9 heteroatoms. The Labute approximate surface area is 241 Å². The number of hydrogen-bond acceptors (Lipinski definition) is 5. The summed E-state index contributed by atoms with van der Waals surface area (Å²) in [6, 6.07) is 25.3. The van der Waals surface area contributed by atoms with Gasteiger partial charge < -0.3 is 9.64 Å². The summed E-state index contributed by atoms with van der Waals surface area (Å²) >= 11 is 12.3. The minimum atomic E-state index is -0.177. The van der Waals surface area contributed by atoms with Crippen LogP contribution in [0.4, 0.5) is 0 Å². The van der Waals surface area contributed by atoms with E-state index in [0.29, 0.717) is 57.7 Å². The van der Waals surface area contributed by atoms with E-state index in [0.717, 1.165) is 11.3 Å². The number of carbonyl (C=O) groups excluding carboxylic acids is 1. The van der Waals surface area contributed by atoms with Crippen LogP contribution in [-0.2, 0) is 24.2 Å². The average Bonchev–Trinajstić information content (AvgIpc) is 2.98. The first kappa shape index (κ1) is 27.4. The lowest BCUT2D eigenvalue weighted by atomic mass is 10.1. The highest BCUT2D eigenvalue weighted by Gasteiger charge is 2.19. The SMILES string of the molecule is COc1ccc(-n2c(CCN(Cc3ccccn3)C(=O)Cc3ccc(Cl)c(Cl)c3)nc3ccccc3c2=O)cc1. The van der Waals surface area contributed by atoms with Crippen molar-refractivity contribution in [2.45, 2.75) is 19.4 Å². The van der Waals surface area contributed by atoms with Crippen molar-refractivity contribution in [1.29, 1.82) is 0 Å². The molecule has 0 radical (unpaired) electrons. The molecule has 0 bridgehead atoms. The topological polar surface area (TPSA) is 77.3 Å². The van der Waals surface area contributed by atoms with E-state index in [1.165, 1.54) is 0 Å². The van der Waals surface area contributed by atoms with Crippen LogP contribution in [0.1, 0.15) is 17.1 Å². The fraction of sp³-hybridized carbons (Fsp3) is 0.161. The van der Waals surface area contributed by atoms with Crippen molar-refractivity contribution in [3.63, 3.8) is 0 Å². The number of hydrogen-bond donors (Lipinski definition) is 0. The Kier molecular flexibility index (Phi) is 8.43. The Balaban J connectivity index is 1.49. The smallest absolute Gasteiger partial charge is 0.265 e. The first-order chi connectivity index (χ1) is 19.4. The summed E-state index contributed by atoms with van der Waals surface area (Å²) in [6.07, 6.45) is 2.18. The first-order valence-electron chi connectivity index (χ1n) is 12.7. The molecule has 0 fully saturated rings. The zero-order valence-electron chi connectivity index (χ0n) is 21.8. The van der Waals surface area contributed by atoms with E-state index in [2.05, 4.69) is 4.98 Å². The van der Waals surface area contributed by atoms with E-state index in [1.807, 2.05) is 48.5 Å². The third-order valence-corrected chi connectivity index (χ3v) is 7.29. The van der Waals surface area contributed by atoms with Crippen molar-refractivity contribution in [2.75, 3.05) is 13.7 Å². The molecule has 0 spiro atoms. The van der Waals surface area contributed by atoms with Crippen LogP contribution in [0.2, 0.25) is 10.0 Å². The van der Waals surface area contributed by atoms with Crippen LogP contribution < -0.4 is 10.3 Å². The number of carbonyl (C=O) groups is 1. The van der Waals surface area contributed by atoms with Gasteiger partial charge in [0.25, 0.3) is 5.56 Å². The number of methoxy groups -OCH3 is 1. The summed E-state index contributed by atoms with van der Waals surface area (Å²) in [6.45, 7) is 0.624. The highest BCUT2D eigenvalue weighted by molar-refractivity contribution is 6.42. The number of fused-ring (bicyclic) bond motifs is 1. The number of halogens is 2. The molecule has 5 rings (SSSR count). The van der Waals surface area contributed by atoms with Gasteiger partial charge in [-0.05, 0) is 66.2 Å². The van der Waals surface area contributed by atoms with Crippen LogP contribution in [-0.4, -0.2) is 39.0 Å². The number of para-hydroxylation sites is 1. The Morgan fingerprint density at radius 3 is 2.45 bits per heavy atom. The molecule has 1 amide bonds. The number of aromatic nitrogens is 3. The predicted molar refractivity (Wildman–Crippen MR) is 157 cm³/mol. The van der Waals surface area contributed by atoms with Gasteiger partial charge in [0, 0.05) is 19.2 Å². The number of nitrogens with zero attached hydrogens (tertiary/aromatic N) is 4. The molecule has 0 N–H and O–H groups in total. The molecule has 2 heterocycles. The summed E-state index contributed by atoms with van der Waals surface area (Å²) in [5.41, 5.74) is 2.60. The van der Waals surface area contributed by atoms with Gasteiger partial charge in [-0.3, -0.25) is 19.1 Å². The maximum atomic E-state index is 13.7. The number of ether oxygens (including phenoxy) is 1. The lowest BCUT2D eigenvalue weighted by Crippen LogP contribution is -2.35. The van der Waals surface area contributed by atoms with Gasteiger partial charge in [-0.2, -0.15) is 0 Å². The monoisotopic (exact) mass is 572 g/mol. The minimum absolute atomic E-state index is 0.108. The summed E-state index contributed by atoms with van der Waals surface area (Å²) in [7, 11) is 1.59. The highest BCUT2D eigenvalue weighted by atomic mass is 35.5. The first-order valence-corrected chi connectivity index (χ1v) is 13.5. The van der Waals surface area contributed by atoms with E-state index in [9.17, 15) is 9.59 Å². The van der Waals surface area contributed by atoms with Crippen molar-refractivity contribution in [3.8, 4) is 11.4 Å². The van der Waals surface area contributed by atoms with Gasteiger partial charge in [0.05, 0.1) is 52.4 Å². The number of rotatable bonds is 9. The van der Waals surface area contributed by atoms with Crippen molar-refractivity contribution in [3.05, 3.63) is 129 Å². The summed E-state index contributed by atoms with van der Waals surface area (Å²) in [5, 5.41) is 1.34. The van der Waals surface area contributed by atoms with Crippen LogP contribution in [0, 0.1) is 0 Å². The Morgan fingerprint density at radius 2 is 1.73 bits per heavy atom. The summed E-state index contributed by atoms with van der Waals surface area (Å²) in [5.74, 6) is 1.12. The molecule has 7 nitrogen and oxygen atoms in total. The van der Waals surface area contributed by atoms with Crippen LogP contribution in [0.25, 0.3) is 16.6 Å². The molecule has 0 aliphatic heterocycles. The molecule has 0 saturated carbocycles. The molecule has 0 unspecified atom stereocenters. The maximum absolute atomic E-state index is 13.7. The molecular weight excluding hydrogens is 547 g/mol. The van der Waals surface area contributed by atoms with Crippen molar-refractivity contribution < 1.29 is 9.53 Å². The molecule has 3 aromatic carbocycles. The van der Waals surface area contributed by atoms with Crippen LogP contribution in [0.3, 0.4) is 0 Å². The fourth-order valence-electron chi connectivity index (χ4n) is 4.49. The van der Waals surface area contributed by atoms with E-state index in [1.54, 1.807) is 59.2 Å². The third-order valence-electron chi connectivity index (χ3n) is 6.55. The van der Waals surface area contributed by atoms with Gasteiger partial charge in [0.1, 0.15) is 11.6 Å². The van der Waals surface area contributed by atoms with Gasteiger partial charge in [0.15, 0.2) is 0 Å². The normalized spacial score (nSPS) is 11.0. The molecule has 2 aromatic heterocycles. The second-order valence-corrected chi connectivity index (χ2v) is 10.0. The van der Waals surface area contributed by atoms with Crippen molar-refractivity contribution in [1.82, 2.24) is 19.4 Å². The molecule has 0 saturated heterocycles. The van der Waals surface area contributed by atoms with Crippen LogP contribution in [0.5, 0.6) is 5.75 Å². The summed E-state index contributed by atoms with van der Waals surface area (Å²) < 4.78 is 6.89. The average molecular weight is 573 g/mol. The van der Waals surface area contributed by atoms with Gasteiger partial charge in [-0.15, -0.1) is 0 Å². The zero-order chi connectivity index (χ0) is 28.1. The van der Waals surface area contributed by atoms with Gasteiger partial charge >= 0.3 is 0 Å². The quantitative estimate of drug-likeness (QED) is 0.219. The fourth-order valence-corrected chi connectivity index (χ4v) is 4.81. The molecular formula is C31H26Cl2N4O3. The minimum Gasteiger partial charge on any atom is -0.497 e. The number of pyridine rings is 1. The standard InChI is InChI=1S/C31H26Cl2N4O3/c1-40-24-12-10-23(11-13-24)37-29(35-28-8-3-2-7-25(28)31(37)39)15-17-36(20-22-6-4-5-16-34-22)30(38)19-21-9-14-26(32)27(33)18-21/h2-14,16,18H,15,17,19-20H2,1H3. The Morgan fingerprint density at radius 1 is 0.950 bits per heavy atom. The van der Waals surface area contributed by atoms with E-state index < -0.39 is 0 Å². The molecule has 0 aliphatic carbocycles.